The van der Waals surface area contributed by atoms with Crippen molar-refractivity contribution in [2.24, 2.45) is 10.9 Å². The van der Waals surface area contributed by atoms with E-state index in [1.54, 1.807) is 7.11 Å². The molecular weight excluding hydrogens is 314 g/mol. The lowest BCUT2D eigenvalue weighted by molar-refractivity contribution is 0.0690. The summed E-state index contributed by atoms with van der Waals surface area (Å²) in [5.74, 6) is 1.91. The van der Waals surface area contributed by atoms with E-state index in [0.717, 1.165) is 44.4 Å². The van der Waals surface area contributed by atoms with Gasteiger partial charge in [-0.1, -0.05) is 32.1 Å². The average Bonchev–Trinajstić information content (AvgIpc) is 2.63. The first-order chi connectivity index (χ1) is 12.3. The van der Waals surface area contributed by atoms with Gasteiger partial charge in [0.2, 0.25) is 0 Å². The molecule has 5 nitrogen and oxygen atoms in total. The second-order valence-corrected chi connectivity index (χ2v) is 7.20. The van der Waals surface area contributed by atoms with E-state index in [4.69, 9.17) is 14.5 Å². The highest BCUT2D eigenvalue weighted by molar-refractivity contribution is 5.79. The van der Waals surface area contributed by atoms with Crippen LogP contribution in [0.3, 0.4) is 0 Å². The Morgan fingerprint density at radius 2 is 1.92 bits per heavy atom. The van der Waals surface area contributed by atoms with Gasteiger partial charge in [0, 0.05) is 32.8 Å². The van der Waals surface area contributed by atoms with Gasteiger partial charge in [0.15, 0.2) is 5.96 Å². The highest BCUT2D eigenvalue weighted by Gasteiger charge is 2.14. The van der Waals surface area contributed by atoms with Crippen LogP contribution in [0, 0.1) is 5.92 Å². The number of guanidine groups is 1. The van der Waals surface area contributed by atoms with E-state index in [-0.39, 0.29) is 0 Å². The Balaban J connectivity index is 2.15. The number of rotatable bonds is 13. The van der Waals surface area contributed by atoms with Crippen LogP contribution in [0.1, 0.15) is 71.6 Å². The number of nitrogens with one attached hydrogen (secondary N) is 2. The van der Waals surface area contributed by atoms with Crippen molar-refractivity contribution >= 4 is 5.96 Å². The SMILES string of the molecule is CCNC(=NCCCCOCCOC)NC(C)CCC1CCCCC1. The van der Waals surface area contributed by atoms with Crippen LogP contribution in [0.2, 0.25) is 0 Å². The van der Waals surface area contributed by atoms with Crippen LogP contribution < -0.4 is 10.6 Å². The second kappa shape index (κ2) is 15.4. The molecule has 1 aliphatic carbocycles. The van der Waals surface area contributed by atoms with E-state index < -0.39 is 0 Å². The molecule has 1 atom stereocenters. The fourth-order valence-electron chi connectivity index (χ4n) is 3.34. The average molecular weight is 356 g/mol. The summed E-state index contributed by atoms with van der Waals surface area (Å²) in [7, 11) is 1.70. The minimum absolute atomic E-state index is 0.483. The third-order valence-corrected chi connectivity index (χ3v) is 4.86. The molecule has 0 spiro atoms. The number of aliphatic imine (C=N–C) groups is 1. The van der Waals surface area contributed by atoms with Crippen molar-refractivity contribution in [2.45, 2.75) is 77.7 Å². The van der Waals surface area contributed by atoms with Gasteiger partial charge in [-0.2, -0.15) is 0 Å². The lowest BCUT2D eigenvalue weighted by Gasteiger charge is -2.24. The van der Waals surface area contributed by atoms with Crippen molar-refractivity contribution in [3.63, 3.8) is 0 Å². The van der Waals surface area contributed by atoms with Crippen LogP contribution >= 0.6 is 0 Å². The maximum atomic E-state index is 5.48. The van der Waals surface area contributed by atoms with E-state index in [1.807, 2.05) is 0 Å². The molecule has 0 saturated heterocycles. The van der Waals surface area contributed by atoms with Crippen molar-refractivity contribution in [1.29, 1.82) is 0 Å². The third-order valence-electron chi connectivity index (χ3n) is 4.86. The van der Waals surface area contributed by atoms with Gasteiger partial charge in [-0.3, -0.25) is 4.99 Å². The Morgan fingerprint density at radius 1 is 1.12 bits per heavy atom. The number of ether oxygens (including phenoxy) is 2. The topological polar surface area (TPSA) is 54.9 Å². The summed E-state index contributed by atoms with van der Waals surface area (Å²) < 4.78 is 10.4. The number of methoxy groups -OCH3 is 1. The Bertz CT molecular complexity index is 331. The molecule has 0 radical (unpaired) electrons. The summed E-state index contributed by atoms with van der Waals surface area (Å²) in [6.45, 7) is 8.29. The summed E-state index contributed by atoms with van der Waals surface area (Å²) in [4.78, 5) is 4.70. The van der Waals surface area contributed by atoms with Crippen LogP contribution in [0.15, 0.2) is 4.99 Å². The molecule has 5 heteroatoms. The lowest BCUT2D eigenvalue weighted by Crippen LogP contribution is -2.42. The normalized spacial score (nSPS) is 17.5. The first-order valence-electron chi connectivity index (χ1n) is 10.4. The van der Waals surface area contributed by atoms with E-state index >= 15 is 0 Å². The molecule has 2 N–H and O–H groups in total. The molecule has 0 heterocycles. The smallest absolute Gasteiger partial charge is 0.191 e. The van der Waals surface area contributed by atoms with Gasteiger partial charge >= 0.3 is 0 Å². The van der Waals surface area contributed by atoms with Gasteiger partial charge in [-0.15, -0.1) is 0 Å². The largest absolute Gasteiger partial charge is 0.382 e. The molecular formula is C20H41N3O2. The Labute approximate surface area is 155 Å². The molecule has 1 aliphatic rings. The molecule has 0 aromatic rings. The predicted octanol–water partition coefficient (Wildman–Crippen LogP) is 3.73. The fraction of sp³-hybridized carbons (Fsp3) is 0.950. The summed E-state index contributed by atoms with van der Waals surface area (Å²) >= 11 is 0. The molecule has 25 heavy (non-hydrogen) atoms. The van der Waals surface area contributed by atoms with Gasteiger partial charge in [0.1, 0.15) is 0 Å². The minimum Gasteiger partial charge on any atom is -0.382 e. The third kappa shape index (κ3) is 12.2. The van der Waals surface area contributed by atoms with E-state index in [1.165, 1.54) is 44.9 Å². The van der Waals surface area contributed by atoms with Crippen molar-refractivity contribution < 1.29 is 9.47 Å². The molecule has 148 valence electrons. The number of hydrogen-bond acceptors (Lipinski definition) is 3. The van der Waals surface area contributed by atoms with Gasteiger partial charge in [-0.25, -0.2) is 0 Å². The van der Waals surface area contributed by atoms with Crippen LogP contribution in [-0.4, -0.2) is 52.0 Å². The maximum Gasteiger partial charge on any atom is 0.191 e. The molecule has 1 saturated carbocycles. The van der Waals surface area contributed by atoms with Gasteiger partial charge in [-0.05, 0) is 45.4 Å². The highest BCUT2D eigenvalue weighted by atomic mass is 16.5. The van der Waals surface area contributed by atoms with Crippen molar-refractivity contribution in [3.8, 4) is 0 Å². The van der Waals surface area contributed by atoms with E-state index in [0.29, 0.717) is 19.3 Å². The van der Waals surface area contributed by atoms with Gasteiger partial charge in [0.05, 0.1) is 13.2 Å². The molecule has 0 amide bonds. The number of nitrogens with zero attached hydrogens (tertiary/aromatic N) is 1. The number of unbranched alkanes of at least 4 members (excludes halogenated alkanes) is 1. The molecule has 1 rings (SSSR count). The number of hydrogen-bond donors (Lipinski definition) is 2. The van der Waals surface area contributed by atoms with E-state index in [9.17, 15) is 0 Å². The minimum atomic E-state index is 0.483. The lowest BCUT2D eigenvalue weighted by atomic mass is 9.85. The quantitative estimate of drug-likeness (QED) is 0.300. The van der Waals surface area contributed by atoms with Crippen LogP contribution in [0.5, 0.6) is 0 Å². The van der Waals surface area contributed by atoms with Crippen molar-refractivity contribution in [2.75, 3.05) is 40.0 Å². The standard InChI is InChI=1S/C20H41N3O2/c1-4-21-20(22-14-8-9-15-25-17-16-24-3)23-18(2)12-13-19-10-6-5-7-11-19/h18-19H,4-17H2,1-3H3,(H2,21,22,23). The zero-order valence-corrected chi connectivity index (χ0v) is 16.8. The first kappa shape index (κ1) is 22.2. The predicted molar refractivity (Wildman–Crippen MR) is 106 cm³/mol. The summed E-state index contributed by atoms with van der Waals surface area (Å²) in [6.07, 6.45) is 11.9. The first-order valence-corrected chi connectivity index (χ1v) is 10.4. The van der Waals surface area contributed by atoms with Crippen LogP contribution in [-0.2, 0) is 9.47 Å². The van der Waals surface area contributed by atoms with Crippen molar-refractivity contribution in [3.05, 3.63) is 0 Å². The summed E-state index contributed by atoms with van der Waals surface area (Å²) in [5, 5.41) is 6.93. The molecule has 1 fully saturated rings. The Kier molecular flexibility index (Phi) is 13.7. The van der Waals surface area contributed by atoms with Crippen LogP contribution in [0.4, 0.5) is 0 Å². The fourth-order valence-corrected chi connectivity index (χ4v) is 3.34. The maximum absolute atomic E-state index is 5.48. The van der Waals surface area contributed by atoms with Crippen LogP contribution in [0.25, 0.3) is 0 Å². The van der Waals surface area contributed by atoms with Crippen molar-refractivity contribution in [1.82, 2.24) is 10.6 Å². The van der Waals surface area contributed by atoms with Gasteiger partial charge < -0.3 is 20.1 Å². The second-order valence-electron chi connectivity index (χ2n) is 7.20. The highest BCUT2D eigenvalue weighted by Crippen LogP contribution is 2.27. The summed E-state index contributed by atoms with van der Waals surface area (Å²) in [5.41, 5.74) is 0. The monoisotopic (exact) mass is 355 g/mol. The van der Waals surface area contributed by atoms with E-state index in [2.05, 4.69) is 24.5 Å². The Morgan fingerprint density at radius 3 is 2.64 bits per heavy atom. The Hall–Kier alpha value is -0.810. The zero-order chi connectivity index (χ0) is 18.2. The molecule has 0 aromatic carbocycles. The molecule has 0 aromatic heterocycles. The zero-order valence-electron chi connectivity index (χ0n) is 16.8. The summed E-state index contributed by atoms with van der Waals surface area (Å²) in [6, 6.07) is 0.483. The molecule has 0 aliphatic heterocycles. The molecule has 1 unspecified atom stereocenters. The molecule has 0 bridgehead atoms. The van der Waals surface area contributed by atoms with Gasteiger partial charge in [0.25, 0.3) is 0 Å².